The van der Waals surface area contributed by atoms with Crippen LogP contribution in [-0.2, 0) is 0 Å². The number of alkyl halides is 2. The zero-order valence-electron chi connectivity index (χ0n) is 10.2. The third-order valence-corrected chi connectivity index (χ3v) is 3.86. The molecule has 1 saturated carbocycles. The van der Waals surface area contributed by atoms with Gasteiger partial charge in [0.15, 0.2) is 5.15 Å². The fourth-order valence-corrected chi connectivity index (χ4v) is 2.94. The third-order valence-electron chi connectivity index (χ3n) is 3.58. The molecule has 1 aliphatic rings. The molecule has 0 amide bonds. The van der Waals surface area contributed by atoms with E-state index in [2.05, 4.69) is 9.97 Å². The Bertz CT molecular complexity index is 615. The fraction of sp³-hybridized carbons (Fsp3) is 0.429. The lowest BCUT2D eigenvalue weighted by atomic mass is 9.84. The molecular weight excluding hydrogens is 270 g/mol. The Morgan fingerprint density at radius 3 is 2.53 bits per heavy atom. The van der Waals surface area contributed by atoms with Crippen molar-refractivity contribution in [2.45, 2.75) is 37.5 Å². The van der Waals surface area contributed by atoms with Gasteiger partial charge in [-0.2, -0.15) is 0 Å². The van der Waals surface area contributed by atoms with E-state index in [1.54, 1.807) is 0 Å². The van der Waals surface area contributed by atoms with E-state index in [1.165, 1.54) is 0 Å². The Kier molecular flexibility index (Phi) is 3.13. The second kappa shape index (κ2) is 4.67. The van der Waals surface area contributed by atoms with Crippen molar-refractivity contribution >= 4 is 22.6 Å². The Morgan fingerprint density at radius 1 is 1.16 bits per heavy atom. The highest BCUT2D eigenvalue weighted by molar-refractivity contribution is 6.30. The molecule has 1 aromatic carbocycles. The molecule has 1 fully saturated rings. The van der Waals surface area contributed by atoms with Gasteiger partial charge in [-0.05, 0) is 25.0 Å². The second-order valence-electron chi connectivity index (χ2n) is 5.04. The van der Waals surface area contributed by atoms with Crippen LogP contribution in [0, 0.1) is 0 Å². The molecule has 1 aromatic heterocycles. The van der Waals surface area contributed by atoms with Gasteiger partial charge in [0.25, 0.3) is 0 Å². The van der Waals surface area contributed by atoms with Crippen LogP contribution in [0.15, 0.2) is 24.3 Å². The summed E-state index contributed by atoms with van der Waals surface area (Å²) in [5.74, 6) is -2.91. The van der Waals surface area contributed by atoms with Crippen LogP contribution in [-0.4, -0.2) is 15.9 Å². The number of nitrogens with zero attached hydrogens (tertiary/aromatic N) is 2. The summed E-state index contributed by atoms with van der Waals surface area (Å²) in [5.41, 5.74) is 1.91. The van der Waals surface area contributed by atoms with Crippen molar-refractivity contribution in [3.63, 3.8) is 0 Å². The van der Waals surface area contributed by atoms with Crippen LogP contribution in [0.4, 0.5) is 8.78 Å². The molecule has 2 aromatic rings. The molecule has 0 N–H and O–H groups in total. The predicted octanol–water partition coefficient (Wildman–Crippen LogP) is 4.58. The highest BCUT2D eigenvalue weighted by Crippen LogP contribution is 2.42. The van der Waals surface area contributed by atoms with Crippen molar-refractivity contribution in [1.29, 1.82) is 0 Å². The predicted molar refractivity (Wildman–Crippen MR) is 70.7 cm³/mol. The zero-order valence-corrected chi connectivity index (χ0v) is 11.0. The lowest BCUT2D eigenvalue weighted by Crippen LogP contribution is -2.25. The number of aromatic nitrogens is 2. The molecular formula is C14H13ClF2N2. The maximum atomic E-state index is 13.5. The number of hydrogen-bond acceptors (Lipinski definition) is 2. The van der Waals surface area contributed by atoms with E-state index >= 15 is 0 Å². The van der Waals surface area contributed by atoms with Crippen molar-refractivity contribution in [2.75, 3.05) is 0 Å². The van der Waals surface area contributed by atoms with E-state index in [9.17, 15) is 8.78 Å². The molecule has 1 heterocycles. The molecule has 5 heteroatoms. The number of fused-ring (bicyclic) bond motifs is 1. The number of halogens is 3. The summed E-state index contributed by atoms with van der Waals surface area (Å²) < 4.78 is 27.0. The second-order valence-corrected chi connectivity index (χ2v) is 5.40. The summed E-state index contributed by atoms with van der Waals surface area (Å²) in [4.78, 5) is 8.69. The summed E-state index contributed by atoms with van der Waals surface area (Å²) in [6.07, 6.45) is 0.979. The first kappa shape index (κ1) is 12.7. The lowest BCUT2D eigenvalue weighted by Gasteiger charge is -2.28. The minimum atomic E-state index is -2.61. The molecule has 0 saturated heterocycles. The van der Waals surface area contributed by atoms with Crippen LogP contribution >= 0.6 is 11.6 Å². The van der Waals surface area contributed by atoms with Gasteiger partial charge >= 0.3 is 0 Å². The Morgan fingerprint density at radius 2 is 1.84 bits per heavy atom. The topological polar surface area (TPSA) is 25.8 Å². The molecule has 0 bridgehead atoms. The van der Waals surface area contributed by atoms with E-state index < -0.39 is 5.92 Å². The molecule has 2 nitrogen and oxygen atoms in total. The smallest absolute Gasteiger partial charge is 0.248 e. The minimum absolute atomic E-state index is 0.0396. The molecule has 0 spiro atoms. The van der Waals surface area contributed by atoms with E-state index in [0.29, 0.717) is 29.6 Å². The van der Waals surface area contributed by atoms with Crippen LogP contribution in [0.3, 0.4) is 0 Å². The Labute approximate surface area is 114 Å². The third kappa shape index (κ3) is 2.54. The van der Waals surface area contributed by atoms with Crippen LogP contribution in [0.25, 0.3) is 11.0 Å². The first-order valence-electron chi connectivity index (χ1n) is 6.35. The van der Waals surface area contributed by atoms with Crippen LogP contribution < -0.4 is 0 Å². The largest absolute Gasteiger partial charge is 0.248 e. The van der Waals surface area contributed by atoms with Gasteiger partial charge in [-0.1, -0.05) is 23.7 Å². The van der Waals surface area contributed by atoms with Gasteiger partial charge in [0.1, 0.15) is 0 Å². The highest BCUT2D eigenvalue weighted by Gasteiger charge is 2.38. The average molecular weight is 283 g/mol. The van der Waals surface area contributed by atoms with Crippen LogP contribution in [0.2, 0.25) is 5.15 Å². The Balaban J connectivity index is 2.02. The Hall–Kier alpha value is -1.29. The van der Waals surface area contributed by atoms with Gasteiger partial charge in [0.2, 0.25) is 5.92 Å². The maximum absolute atomic E-state index is 13.5. The van der Waals surface area contributed by atoms with E-state index in [4.69, 9.17) is 11.6 Å². The summed E-state index contributed by atoms with van der Waals surface area (Å²) in [6.45, 7) is 0. The van der Waals surface area contributed by atoms with Gasteiger partial charge in [0, 0.05) is 18.8 Å². The molecule has 0 aliphatic heterocycles. The van der Waals surface area contributed by atoms with Gasteiger partial charge < -0.3 is 0 Å². The number of para-hydroxylation sites is 2. The summed E-state index contributed by atoms with van der Waals surface area (Å²) in [7, 11) is 0. The van der Waals surface area contributed by atoms with E-state index in [1.807, 2.05) is 24.3 Å². The normalized spacial score (nSPS) is 22.6. The zero-order chi connectivity index (χ0) is 13.5. The molecule has 1 aliphatic carbocycles. The van der Waals surface area contributed by atoms with Crippen molar-refractivity contribution in [3.8, 4) is 0 Å². The molecule has 1 atom stereocenters. The summed E-state index contributed by atoms with van der Waals surface area (Å²) >= 11 is 6.11. The van der Waals surface area contributed by atoms with E-state index in [-0.39, 0.29) is 23.9 Å². The van der Waals surface area contributed by atoms with Gasteiger partial charge in [-0.15, -0.1) is 0 Å². The minimum Gasteiger partial charge on any atom is -0.248 e. The molecule has 0 radical (unpaired) electrons. The maximum Gasteiger partial charge on any atom is 0.248 e. The fourth-order valence-electron chi connectivity index (χ4n) is 2.66. The van der Waals surface area contributed by atoms with Gasteiger partial charge in [0.05, 0.1) is 16.7 Å². The van der Waals surface area contributed by atoms with E-state index in [0.717, 1.165) is 0 Å². The first-order chi connectivity index (χ1) is 9.05. The summed E-state index contributed by atoms with van der Waals surface area (Å²) in [5, 5.41) is 0.251. The lowest BCUT2D eigenvalue weighted by molar-refractivity contribution is -0.0412. The average Bonchev–Trinajstić information content (AvgIpc) is 2.36. The van der Waals surface area contributed by atoms with Crippen molar-refractivity contribution in [2.24, 2.45) is 0 Å². The summed E-state index contributed by atoms with van der Waals surface area (Å²) in [6, 6.07) is 7.34. The quantitative estimate of drug-likeness (QED) is 0.765. The van der Waals surface area contributed by atoms with Crippen molar-refractivity contribution in [3.05, 3.63) is 35.1 Å². The van der Waals surface area contributed by atoms with Crippen molar-refractivity contribution < 1.29 is 8.78 Å². The van der Waals surface area contributed by atoms with Crippen LogP contribution in [0.5, 0.6) is 0 Å². The molecule has 100 valence electrons. The van der Waals surface area contributed by atoms with Crippen LogP contribution in [0.1, 0.15) is 37.3 Å². The SMILES string of the molecule is FC1(F)CCCC(c2nc3ccccc3nc2Cl)C1. The first-order valence-corrected chi connectivity index (χ1v) is 6.73. The monoisotopic (exact) mass is 282 g/mol. The number of benzene rings is 1. The van der Waals surface area contributed by atoms with Gasteiger partial charge in [-0.3, -0.25) is 0 Å². The number of rotatable bonds is 1. The standard InChI is InChI=1S/C14H13ClF2N2/c15-13-12(9-4-3-7-14(16,17)8-9)18-10-5-1-2-6-11(10)19-13/h1-2,5-6,9H,3-4,7-8H2. The number of hydrogen-bond donors (Lipinski definition) is 0. The molecule has 19 heavy (non-hydrogen) atoms. The van der Waals surface area contributed by atoms with Crippen molar-refractivity contribution in [1.82, 2.24) is 9.97 Å². The highest BCUT2D eigenvalue weighted by atomic mass is 35.5. The molecule has 3 rings (SSSR count). The molecule has 1 unspecified atom stereocenters. The van der Waals surface area contributed by atoms with Gasteiger partial charge in [-0.25, -0.2) is 18.7 Å².